The molecular weight excluding hydrogens is 703 g/mol. The van der Waals surface area contributed by atoms with E-state index in [0.717, 1.165) is 88.4 Å². The van der Waals surface area contributed by atoms with Gasteiger partial charge in [-0.15, -0.1) is 0 Å². The second-order valence-electron chi connectivity index (χ2n) is 14.2. The molecule has 0 aliphatic rings. The lowest BCUT2D eigenvalue weighted by molar-refractivity contribution is 0.667. The molecule has 266 valence electrons. The molecule has 0 bridgehead atoms. The number of hydrogen-bond acceptors (Lipinski definition) is 6. The SMILES string of the molecule is c1cc(-c2nc(-c3ccc(-c4cncc5oc6ccccc6c45)cc3)nc(-c3cccc4oc5ccccc5c34)n2)cc(-n2c3ccccc3c3ccccc32)c1. The van der Waals surface area contributed by atoms with Crippen molar-refractivity contribution in [2.45, 2.75) is 0 Å². The lowest BCUT2D eigenvalue weighted by Gasteiger charge is -2.12. The van der Waals surface area contributed by atoms with Crippen LogP contribution in [-0.4, -0.2) is 24.5 Å². The molecule has 12 aromatic rings. The largest absolute Gasteiger partial charge is 0.456 e. The van der Waals surface area contributed by atoms with E-state index < -0.39 is 0 Å². The first kappa shape index (κ1) is 31.5. The maximum absolute atomic E-state index is 6.29. The summed E-state index contributed by atoms with van der Waals surface area (Å²) in [5.74, 6) is 1.71. The summed E-state index contributed by atoms with van der Waals surface area (Å²) in [4.78, 5) is 20.1. The molecular formula is C50H29N5O2. The average molecular weight is 732 g/mol. The van der Waals surface area contributed by atoms with Gasteiger partial charge in [0, 0.05) is 66.5 Å². The monoisotopic (exact) mass is 731 g/mol. The van der Waals surface area contributed by atoms with Crippen molar-refractivity contribution in [3.05, 3.63) is 176 Å². The summed E-state index contributed by atoms with van der Waals surface area (Å²) in [5, 5.41) is 6.50. The third-order valence-electron chi connectivity index (χ3n) is 11.0. The predicted octanol–water partition coefficient (Wildman–Crippen LogP) is 12.8. The number of para-hydroxylation sites is 4. The standard InChI is InChI=1S/C50H29N5O2/c1-5-18-40-34(13-1)35-14-2-6-19-41(35)55(40)33-12-9-11-32(27-33)49-52-48(53-50(54-49)38-17-10-22-44-46(38)36-15-3-7-20-42(36)56-44)31-25-23-30(24-26-31)39-28-51-29-45-47(39)37-16-4-8-21-43(37)57-45/h1-29H. The van der Waals surface area contributed by atoms with Crippen molar-refractivity contribution in [2.24, 2.45) is 0 Å². The maximum Gasteiger partial charge on any atom is 0.164 e. The quantitative estimate of drug-likeness (QED) is 0.175. The molecule has 0 atom stereocenters. The number of hydrogen-bond donors (Lipinski definition) is 0. The fraction of sp³-hybridized carbons (Fsp3) is 0. The van der Waals surface area contributed by atoms with Gasteiger partial charge in [-0.05, 0) is 48.0 Å². The lowest BCUT2D eigenvalue weighted by Crippen LogP contribution is -2.01. The minimum Gasteiger partial charge on any atom is -0.456 e. The second kappa shape index (κ2) is 12.3. The van der Waals surface area contributed by atoms with Crippen LogP contribution in [-0.2, 0) is 0 Å². The van der Waals surface area contributed by atoms with Gasteiger partial charge in [0.2, 0.25) is 0 Å². The van der Waals surface area contributed by atoms with Gasteiger partial charge in [0.1, 0.15) is 16.7 Å². The van der Waals surface area contributed by atoms with E-state index in [2.05, 4.69) is 125 Å². The van der Waals surface area contributed by atoms with Gasteiger partial charge < -0.3 is 13.4 Å². The number of benzene rings is 7. The van der Waals surface area contributed by atoms with E-state index in [1.165, 1.54) is 10.8 Å². The number of nitrogens with zero attached hydrogens (tertiary/aromatic N) is 5. The van der Waals surface area contributed by atoms with E-state index in [9.17, 15) is 0 Å². The fourth-order valence-corrected chi connectivity index (χ4v) is 8.40. The molecule has 0 saturated heterocycles. The number of rotatable bonds is 5. The Morgan fingerprint density at radius 3 is 1.63 bits per heavy atom. The van der Waals surface area contributed by atoms with Gasteiger partial charge in [-0.1, -0.05) is 121 Å². The van der Waals surface area contributed by atoms with E-state index >= 15 is 0 Å². The Labute approximate surface area is 325 Å². The molecule has 0 aliphatic heterocycles. The van der Waals surface area contributed by atoms with Crippen LogP contribution in [0.25, 0.3) is 117 Å². The van der Waals surface area contributed by atoms with Crippen molar-refractivity contribution in [1.29, 1.82) is 0 Å². The van der Waals surface area contributed by atoms with Crippen LogP contribution in [0.5, 0.6) is 0 Å². The number of furan rings is 2. The van der Waals surface area contributed by atoms with Crippen molar-refractivity contribution in [2.75, 3.05) is 0 Å². The molecule has 0 fully saturated rings. The van der Waals surface area contributed by atoms with E-state index in [1.54, 1.807) is 6.20 Å². The van der Waals surface area contributed by atoms with Gasteiger partial charge in [0.25, 0.3) is 0 Å². The summed E-state index contributed by atoms with van der Waals surface area (Å²) in [6, 6.07) is 56.1. The highest BCUT2D eigenvalue weighted by molar-refractivity contribution is 6.13. The molecule has 0 N–H and O–H groups in total. The van der Waals surface area contributed by atoms with Crippen molar-refractivity contribution in [1.82, 2.24) is 24.5 Å². The van der Waals surface area contributed by atoms with Crippen molar-refractivity contribution < 1.29 is 8.83 Å². The predicted molar refractivity (Wildman–Crippen MR) is 228 cm³/mol. The smallest absolute Gasteiger partial charge is 0.164 e. The van der Waals surface area contributed by atoms with E-state index in [-0.39, 0.29) is 0 Å². The van der Waals surface area contributed by atoms with Crippen molar-refractivity contribution in [3.63, 3.8) is 0 Å². The highest BCUT2D eigenvalue weighted by Gasteiger charge is 2.20. The zero-order valence-corrected chi connectivity index (χ0v) is 30.3. The first-order valence-corrected chi connectivity index (χ1v) is 18.9. The minimum absolute atomic E-state index is 0.567. The molecule has 0 spiro atoms. The highest BCUT2D eigenvalue weighted by Crippen LogP contribution is 2.39. The summed E-state index contributed by atoms with van der Waals surface area (Å²) >= 11 is 0. The van der Waals surface area contributed by atoms with Crippen molar-refractivity contribution >= 4 is 65.7 Å². The van der Waals surface area contributed by atoms with Gasteiger partial charge in [-0.25, -0.2) is 15.0 Å². The Kier molecular flexibility index (Phi) is 6.79. The lowest BCUT2D eigenvalue weighted by atomic mass is 10.0. The molecule has 0 unspecified atom stereocenters. The first-order valence-electron chi connectivity index (χ1n) is 18.9. The van der Waals surface area contributed by atoms with Crippen LogP contribution in [0, 0.1) is 0 Å². The van der Waals surface area contributed by atoms with Gasteiger partial charge >= 0.3 is 0 Å². The van der Waals surface area contributed by atoms with Gasteiger partial charge in [0.15, 0.2) is 23.1 Å². The molecule has 57 heavy (non-hydrogen) atoms. The zero-order chi connectivity index (χ0) is 37.5. The van der Waals surface area contributed by atoms with Crippen LogP contribution < -0.4 is 0 Å². The van der Waals surface area contributed by atoms with Gasteiger partial charge in [-0.3, -0.25) is 4.98 Å². The fourth-order valence-electron chi connectivity index (χ4n) is 8.40. The Bertz CT molecular complexity index is 3490. The summed E-state index contributed by atoms with van der Waals surface area (Å²) in [6.45, 7) is 0. The van der Waals surface area contributed by atoms with Crippen LogP contribution in [0.4, 0.5) is 0 Å². The Morgan fingerprint density at radius 1 is 0.368 bits per heavy atom. The topological polar surface area (TPSA) is 82.8 Å². The molecule has 5 heterocycles. The number of pyridine rings is 1. The molecule has 7 heteroatoms. The molecule has 0 saturated carbocycles. The summed E-state index contributed by atoms with van der Waals surface area (Å²) in [6.07, 6.45) is 3.68. The van der Waals surface area contributed by atoms with Crippen LogP contribution >= 0.6 is 0 Å². The minimum atomic E-state index is 0.567. The van der Waals surface area contributed by atoms with Crippen LogP contribution in [0.2, 0.25) is 0 Å². The third-order valence-corrected chi connectivity index (χ3v) is 11.0. The molecule has 7 nitrogen and oxygen atoms in total. The normalized spacial score (nSPS) is 11.9. The summed E-state index contributed by atoms with van der Waals surface area (Å²) in [5.41, 5.74) is 11.1. The summed E-state index contributed by atoms with van der Waals surface area (Å²) in [7, 11) is 0. The number of fused-ring (bicyclic) bond motifs is 9. The Morgan fingerprint density at radius 2 is 0.912 bits per heavy atom. The van der Waals surface area contributed by atoms with Crippen LogP contribution in [0.15, 0.2) is 185 Å². The van der Waals surface area contributed by atoms with Gasteiger partial charge in [0.05, 0.1) is 17.2 Å². The molecule has 0 amide bonds. The second-order valence-corrected chi connectivity index (χ2v) is 14.2. The van der Waals surface area contributed by atoms with E-state index in [0.29, 0.717) is 17.5 Å². The Hall–Kier alpha value is -7.90. The molecule has 12 rings (SSSR count). The molecule has 0 aliphatic carbocycles. The Balaban J connectivity index is 1.04. The van der Waals surface area contributed by atoms with Crippen molar-refractivity contribution in [3.8, 4) is 51.0 Å². The van der Waals surface area contributed by atoms with E-state index in [1.807, 2.05) is 54.7 Å². The molecule has 5 aromatic heterocycles. The van der Waals surface area contributed by atoms with E-state index in [4.69, 9.17) is 23.8 Å². The average Bonchev–Trinajstić information content (AvgIpc) is 3.96. The van der Waals surface area contributed by atoms with Gasteiger partial charge in [-0.2, -0.15) is 0 Å². The van der Waals surface area contributed by atoms with Crippen LogP contribution in [0.3, 0.4) is 0 Å². The third kappa shape index (κ3) is 4.92. The highest BCUT2D eigenvalue weighted by atomic mass is 16.3. The summed E-state index contributed by atoms with van der Waals surface area (Å²) < 4.78 is 14.8. The zero-order valence-electron chi connectivity index (χ0n) is 30.3. The maximum atomic E-state index is 6.29. The molecule has 0 radical (unpaired) electrons. The number of aromatic nitrogens is 5. The molecule has 7 aromatic carbocycles. The van der Waals surface area contributed by atoms with Crippen LogP contribution in [0.1, 0.15) is 0 Å². The first-order chi connectivity index (χ1) is 28.2.